The summed E-state index contributed by atoms with van der Waals surface area (Å²) >= 11 is 0. The average molecular weight is 372 g/mol. The van der Waals surface area contributed by atoms with Crippen molar-refractivity contribution in [1.82, 2.24) is 4.57 Å². The SMILES string of the molecule is CCC(C)(C)c1cc2c(n1-c1ccccc1)-c1ccc(C(C)C)cc1C2(C)C. The summed E-state index contributed by atoms with van der Waals surface area (Å²) in [5.41, 5.74) is 9.96. The molecular formula is C27H33N. The van der Waals surface area contributed by atoms with Crippen LogP contribution in [0.15, 0.2) is 54.6 Å². The van der Waals surface area contributed by atoms with Crippen LogP contribution in [0, 0.1) is 0 Å². The smallest absolute Gasteiger partial charge is 0.0575 e. The molecule has 1 aliphatic carbocycles. The summed E-state index contributed by atoms with van der Waals surface area (Å²) in [7, 11) is 0. The molecule has 0 amide bonds. The summed E-state index contributed by atoms with van der Waals surface area (Å²) in [4.78, 5) is 0. The Morgan fingerprint density at radius 1 is 0.929 bits per heavy atom. The van der Waals surface area contributed by atoms with Gasteiger partial charge in [-0.3, -0.25) is 0 Å². The third kappa shape index (κ3) is 2.67. The topological polar surface area (TPSA) is 4.93 Å². The highest BCUT2D eigenvalue weighted by molar-refractivity contribution is 5.81. The molecule has 1 heteroatoms. The molecule has 2 aromatic carbocycles. The Bertz CT molecular complexity index is 1020. The van der Waals surface area contributed by atoms with Gasteiger partial charge in [-0.05, 0) is 47.2 Å². The normalized spacial score (nSPS) is 15.0. The lowest BCUT2D eigenvalue weighted by Crippen LogP contribution is -2.21. The minimum absolute atomic E-state index is 0.0220. The van der Waals surface area contributed by atoms with Crippen LogP contribution >= 0.6 is 0 Å². The summed E-state index contributed by atoms with van der Waals surface area (Å²) in [6.07, 6.45) is 1.11. The van der Waals surface area contributed by atoms with Crippen molar-refractivity contribution in [3.8, 4) is 16.9 Å². The molecule has 0 aliphatic heterocycles. The van der Waals surface area contributed by atoms with Crippen molar-refractivity contribution < 1.29 is 0 Å². The van der Waals surface area contributed by atoms with E-state index in [2.05, 4.69) is 108 Å². The fourth-order valence-corrected chi connectivity index (χ4v) is 4.57. The maximum absolute atomic E-state index is 2.53. The molecule has 0 atom stereocenters. The van der Waals surface area contributed by atoms with Gasteiger partial charge in [-0.1, -0.05) is 84.9 Å². The molecular weight excluding hydrogens is 338 g/mol. The third-order valence-corrected chi connectivity index (χ3v) is 6.90. The highest BCUT2D eigenvalue weighted by Crippen LogP contribution is 2.52. The number of fused-ring (bicyclic) bond motifs is 3. The summed E-state index contributed by atoms with van der Waals surface area (Å²) in [6.45, 7) is 16.4. The molecule has 3 aromatic rings. The van der Waals surface area contributed by atoms with Crippen LogP contribution in [0.3, 0.4) is 0 Å². The minimum Gasteiger partial charge on any atom is -0.313 e. The summed E-state index contributed by atoms with van der Waals surface area (Å²) in [6, 6.07) is 20.5. The van der Waals surface area contributed by atoms with E-state index in [1.807, 2.05) is 0 Å². The predicted molar refractivity (Wildman–Crippen MR) is 121 cm³/mol. The lowest BCUT2D eigenvalue weighted by atomic mass is 9.80. The Labute approximate surface area is 170 Å². The largest absolute Gasteiger partial charge is 0.313 e. The number of rotatable bonds is 4. The number of nitrogens with zero attached hydrogens (tertiary/aromatic N) is 1. The van der Waals surface area contributed by atoms with Gasteiger partial charge in [-0.25, -0.2) is 0 Å². The first-order valence-electron chi connectivity index (χ1n) is 10.7. The maximum Gasteiger partial charge on any atom is 0.0575 e. The van der Waals surface area contributed by atoms with Crippen molar-refractivity contribution in [3.05, 3.63) is 77.0 Å². The Kier molecular flexibility index (Phi) is 4.34. The molecule has 0 unspecified atom stereocenters. The predicted octanol–water partition coefficient (Wildman–Crippen LogP) is 7.59. The van der Waals surface area contributed by atoms with E-state index < -0.39 is 0 Å². The highest BCUT2D eigenvalue weighted by Gasteiger charge is 2.41. The van der Waals surface area contributed by atoms with E-state index in [0.717, 1.165) is 6.42 Å². The van der Waals surface area contributed by atoms with Crippen LogP contribution in [0.2, 0.25) is 0 Å². The maximum atomic E-state index is 2.53. The highest BCUT2D eigenvalue weighted by atomic mass is 15.0. The molecule has 0 fully saturated rings. The van der Waals surface area contributed by atoms with Gasteiger partial charge in [0.2, 0.25) is 0 Å². The van der Waals surface area contributed by atoms with Gasteiger partial charge in [0.05, 0.1) is 5.69 Å². The molecule has 0 bridgehead atoms. The van der Waals surface area contributed by atoms with Crippen LogP contribution in [0.4, 0.5) is 0 Å². The monoisotopic (exact) mass is 371 g/mol. The zero-order chi connectivity index (χ0) is 20.3. The van der Waals surface area contributed by atoms with Gasteiger partial charge in [-0.15, -0.1) is 0 Å². The second-order valence-corrected chi connectivity index (χ2v) is 9.78. The number of aromatic nitrogens is 1. The molecule has 0 saturated heterocycles. The van der Waals surface area contributed by atoms with Crippen LogP contribution in [0.1, 0.15) is 83.2 Å². The van der Waals surface area contributed by atoms with Crippen molar-refractivity contribution >= 4 is 0 Å². The van der Waals surface area contributed by atoms with Gasteiger partial charge in [-0.2, -0.15) is 0 Å². The first kappa shape index (κ1) is 19.1. The Morgan fingerprint density at radius 2 is 1.61 bits per heavy atom. The first-order chi connectivity index (χ1) is 13.2. The molecule has 1 aliphatic rings. The zero-order valence-electron chi connectivity index (χ0n) is 18.4. The summed E-state index contributed by atoms with van der Waals surface area (Å²) in [5.74, 6) is 0.548. The molecule has 0 saturated carbocycles. The second kappa shape index (κ2) is 6.37. The van der Waals surface area contributed by atoms with E-state index in [1.165, 1.54) is 39.3 Å². The van der Waals surface area contributed by atoms with E-state index >= 15 is 0 Å². The molecule has 1 heterocycles. The van der Waals surface area contributed by atoms with E-state index in [0.29, 0.717) is 5.92 Å². The quantitative estimate of drug-likeness (QED) is 0.445. The van der Waals surface area contributed by atoms with E-state index in [9.17, 15) is 0 Å². The fourth-order valence-electron chi connectivity index (χ4n) is 4.57. The number of hydrogen-bond acceptors (Lipinski definition) is 0. The van der Waals surface area contributed by atoms with Gasteiger partial charge in [0.15, 0.2) is 0 Å². The van der Waals surface area contributed by atoms with Crippen molar-refractivity contribution in [2.45, 2.75) is 71.6 Å². The van der Waals surface area contributed by atoms with Gasteiger partial charge in [0, 0.05) is 27.8 Å². The first-order valence-corrected chi connectivity index (χ1v) is 10.7. The van der Waals surface area contributed by atoms with Crippen molar-refractivity contribution in [2.24, 2.45) is 0 Å². The summed E-state index contributed by atoms with van der Waals surface area (Å²) < 4.78 is 2.53. The van der Waals surface area contributed by atoms with E-state index in [-0.39, 0.29) is 10.8 Å². The Hall–Kier alpha value is -2.28. The number of para-hydroxylation sites is 1. The Morgan fingerprint density at radius 3 is 2.21 bits per heavy atom. The molecule has 28 heavy (non-hydrogen) atoms. The van der Waals surface area contributed by atoms with Crippen LogP contribution in [0.5, 0.6) is 0 Å². The van der Waals surface area contributed by atoms with Gasteiger partial charge < -0.3 is 4.57 Å². The molecule has 1 aromatic heterocycles. The van der Waals surface area contributed by atoms with Crippen molar-refractivity contribution in [3.63, 3.8) is 0 Å². The van der Waals surface area contributed by atoms with Crippen molar-refractivity contribution in [2.75, 3.05) is 0 Å². The Balaban J connectivity index is 2.07. The van der Waals surface area contributed by atoms with Gasteiger partial charge in [0.25, 0.3) is 0 Å². The van der Waals surface area contributed by atoms with Crippen LogP contribution < -0.4 is 0 Å². The molecule has 4 rings (SSSR count). The molecule has 0 N–H and O–H groups in total. The van der Waals surface area contributed by atoms with Crippen molar-refractivity contribution in [1.29, 1.82) is 0 Å². The molecule has 0 spiro atoms. The van der Waals surface area contributed by atoms with Crippen LogP contribution in [-0.2, 0) is 10.8 Å². The van der Waals surface area contributed by atoms with Gasteiger partial charge >= 0.3 is 0 Å². The fraction of sp³-hybridized carbons (Fsp3) is 0.407. The minimum atomic E-state index is 0.0220. The zero-order valence-corrected chi connectivity index (χ0v) is 18.4. The van der Waals surface area contributed by atoms with Crippen LogP contribution in [-0.4, -0.2) is 4.57 Å². The van der Waals surface area contributed by atoms with E-state index in [4.69, 9.17) is 0 Å². The average Bonchev–Trinajstić information content (AvgIpc) is 3.18. The third-order valence-electron chi connectivity index (χ3n) is 6.90. The standard InChI is InChI=1S/C27H33N/c1-8-26(4,5)24-17-23-25(28(24)20-12-10-9-11-13-20)21-15-14-19(18(2)3)16-22(21)27(23,6)7/h9-18H,8H2,1-7H3. The van der Waals surface area contributed by atoms with E-state index in [1.54, 1.807) is 0 Å². The molecule has 1 nitrogen and oxygen atoms in total. The molecule has 146 valence electrons. The summed E-state index contributed by atoms with van der Waals surface area (Å²) in [5, 5.41) is 0. The lowest BCUT2D eigenvalue weighted by Gasteiger charge is -2.27. The number of hydrogen-bond donors (Lipinski definition) is 0. The van der Waals surface area contributed by atoms with Crippen LogP contribution in [0.25, 0.3) is 16.9 Å². The number of benzene rings is 2. The molecule has 0 radical (unpaired) electrons. The lowest BCUT2D eigenvalue weighted by molar-refractivity contribution is 0.482. The second-order valence-electron chi connectivity index (χ2n) is 9.78. The van der Waals surface area contributed by atoms with Gasteiger partial charge in [0.1, 0.15) is 0 Å².